The SMILES string of the molecule is COC(=O)[C@H](CC(C)C)NC(=O)/C=C/C=C/c1ccc2c(c1)OCO2. The number of methoxy groups -OCH3 is 1. The first-order valence-electron chi connectivity index (χ1n) is 8.12. The molecule has 0 aliphatic carbocycles. The van der Waals surface area contributed by atoms with Crippen LogP contribution in [-0.4, -0.2) is 31.8 Å². The minimum Gasteiger partial charge on any atom is -0.467 e. The molecule has 2 rings (SSSR count). The van der Waals surface area contributed by atoms with Crippen molar-refractivity contribution in [2.45, 2.75) is 26.3 Å². The monoisotopic (exact) mass is 345 g/mol. The van der Waals surface area contributed by atoms with Crippen LogP contribution in [0.3, 0.4) is 0 Å². The van der Waals surface area contributed by atoms with Gasteiger partial charge in [-0.2, -0.15) is 0 Å². The summed E-state index contributed by atoms with van der Waals surface area (Å²) in [5.74, 6) is 0.918. The van der Waals surface area contributed by atoms with E-state index in [4.69, 9.17) is 14.2 Å². The maximum atomic E-state index is 11.9. The van der Waals surface area contributed by atoms with Crippen molar-refractivity contribution in [3.05, 3.63) is 42.0 Å². The molecule has 6 heteroatoms. The number of fused-ring (bicyclic) bond motifs is 1. The highest BCUT2D eigenvalue weighted by atomic mass is 16.7. The quantitative estimate of drug-likeness (QED) is 0.467. The Morgan fingerprint density at radius 2 is 2.00 bits per heavy atom. The average Bonchev–Trinajstić information content (AvgIpc) is 3.04. The molecule has 1 heterocycles. The number of benzene rings is 1. The molecule has 1 aliphatic heterocycles. The van der Waals surface area contributed by atoms with Crippen LogP contribution in [-0.2, 0) is 14.3 Å². The van der Waals surface area contributed by atoms with E-state index in [0.29, 0.717) is 12.2 Å². The maximum Gasteiger partial charge on any atom is 0.328 e. The van der Waals surface area contributed by atoms with Crippen molar-refractivity contribution >= 4 is 18.0 Å². The van der Waals surface area contributed by atoms with Crippen LogP contribution in [0.5, 0.6) is 11.5 Å². The predicted octanol–water partition coefficient (Wildman–Crippen LogP) is 2.69. The Bertz CT molecular complexity index is 678. The molecule has 134 valence electrons. The van der Waals surface area contributed by atoms with Crippen molar-refractivity contribution < 1.29 is 23.8 Å². The molecule has 6 nitrogen and oxygen atoms in total. The lowest BCUT2D eigenvalue weighted by atomic mass is 10.0. The number of hydrogen-bond donors (Lipinski definition) is 1. The lowest BCUT2D eigenvalue weighted by Crippen LogP contribution is -2.41. The highest BCUT2D eigenvalue weighted by Crippen LogP contribution is 2.32. The Morgan fingerprint density at radius 1 is 1.24 bits per heavy atom. The van der Waals surface area contributed by atoms with Gasteiger partial charge in [0.2, 0.25) is 12.7 Å². The van der Waals surface area contributed by atoms with E-state index >= 15 is 0 Å². The third kappa shape index (κ3) is 5.67. The van der Waals surface area contributed by atoms with E-state index in [9.17, 15) is 9.59 Å². The summed E-state index contributed by atoms with van der Waals surface area (Å²) in [6.07, 6.45) is 7.10. The smallest absolute Gasteiger partial charge is 0.328 e. The first kappa shape index (κ1) is 18.6. The number of ether oxygens (including phenoxy) is 3. The van der Waals surface area contributed by atoms with E-state index in [-0.39, 0.29) is 18.6 Å². The Balaban J connectivity index is 1.89. The Hall–Kier alpha value is -2.76. The van der Waals surface area contributed by atoms with Gasteiger partial charge in [0.15, 0.2) is 11.5 Å². The summed E-state index contributed by atoms with van der Waals surface area (Å²) in [4.78, 5) is 23.6. The summed E-state index contributed by atoms with van der Waals surface area (Å²) < 4.78 is 15.3. The van der Waals surface area contributed by atoms with Gasteiger partial charge in [-0.3, -0.25) is 4.79 Å². The van der Waals surface area contributed by atoms with Crippen LogP contribution in [0.25, 0.3) is 6.08 Å². The van der Waals surface area contributed by atoms with Crippen molar-refractivity contribution in [1.29, 1.82) is 0 Å². The summed E-state index contributed by atoms with van der Waals surface area (Å²) in [5.41, 5.74) is 0.932. The summed E-state index contributed by atoms with van der Waals surface area (Å²) in [5, 5.41) is 2.66. The first-order valence-corrected chi connectivity index (χ1v) is 8.12. The third-order valence-corrected chi connectivity index (χ3v) is 3.55. The molecule has 0 fully saturated rings. The molecular weight excluding hydrogens is 322 g/mol. The molecule has 25 heavy (non-hydrogen) atoms. The Morgan fingerprint density at radius 3 is 2.72 bits per heavy atom. The Labute approximate surface area is 147 Å². The number of hydrogen-bond acceptors (Lipinski definition) is 5. The fourth-order valence-corrected chi connectivity index (χ4v) is 2.37. The second kappa shape index (κ2) is 8.92. The summed E-state index contributed by atoms with van der Waals surface area (Å²) in [6, 6.07) is 4.96. The highest BCUT2D eigenvalue weighted by molar-refractivity contribution is 5.91. The second-order valence-electron chi connectivity index (χ2n) is 6.04. The molecule has 0 saturated carbocycles. The molecule has 1 aliphatic rings. The van der Waals surface area contributed by atoms with Crippen molar-refractivity contribution in [1.82, 2.24) is 5.32 Å². The molecule has 0 radical (unpaired) electrons. The van der Waals surface area contributed by atoms with Gasteiger partial charge in [-0.25, -0.2) is 4.79 Å². The summed E-state index contributed by atoms with van der Waals surface area (Å²) >= 11 is 0. The lowest BCUT2D eigenvalue weighted by molar-refractivity contribution is -0.145. The van der Waals surface area contributed by atoms with E-state index in [1.54, 1.807) is 12.2 Å². The number of nitrogens with one attached hydrogen (secondary N) is 1. The van der Waals surface area contributed by atoms with Crippen LogP contribution in [0.4, 0.5) is 0 Å². The highest BCUT2D eigenvalue weighted by Gasteiger charge is 2.21. The van der Waals surface area contributed by atoms with Crippen LogP contribution in [0.1, 0.15) is 25.8 Å². The normalized spacial score (nSPS) is 14.2. The van der Waals surface area contributed by atoms with Crippen molar-refractivity contribution in [3.8, 4) is 11.5 Å². The van der Waals surface area contributed by atoms with Crippen LogP contribution in [0.2, 0.25) is 0 Å². The van der Waals surface area contributed by atoms with Gasteiger partial charge in [-0.05, 0) is 30.0 Å². The van der Waals surface area contributed by atoms with E-state index in [1.807, 2.05) is 38.1 Å². The fourth-order valence-electron chi connectivity index (χ4n) is 2.37. The van der Waals surface area contributed by atoms with Gasteiger partial charge in [0.05, 0.1) is 7.11 Å². The van der Waals surface area contributed by atoms with Gasteiger partial charge in [-0.15, -0.1) is 0 Å². The van der Waals surface area contributed by atoms with Crippen molar-refractivity contribution in [3.63, 3.8) is 0 Å². The molecule has 1 aromatic rings. The minimum atomic E-state index is -0.639. The molecular formula is C19H23NO5. The lowest BCUT2D eigenvalue weighted by Gasteiger charge is -2.17. The molecule has 0 unspecified atom stereocenters. The van der Waals surface area contributed by atoms with E-state index in [2.05, 4.69) is 5.32 Å². The van der Waals surface area contributed by atoms with Gasteiger partial charge in [0.25, 0.3) is 0 Å². The van der Waals surface area contributed by atoms with Crippen LogP contribution in [0, 0.1) is 5.92 Å². The van der Waals surface area contributed by atoms with Gasteiger partial charge in [0, 0.05) is 6.08 Å². The zero-order chi connectivity index (χ0) is 18.2. The maximum absolute atomic E-state index is 11.9. The number of carbonyl (C=O) groups excluding carboxylic acids is 2. The van der Waals surface area contributed by atoms with Gasteiger partial charge in [-0.1, -0.05) is 38.1 Å². The van der Waals surface area contributed by atoms with E-state index in [0.717, 1.165) is 11.3 Å². The van der Waals surface area contributed by atoms with Gasteiger partial charge in [0.1, 0.15) is 6.04 Å². The van der Waals surface area contributed by atoms with E-state index in [1.165, 1.54) is 13.2 Å². The summed E-state index contributed by atoms with van der Waals surface area (Å²) in [7, 11) is 1.31. The summed E-state index contributed by atoms with van der Waals surface area (Å²) in [6.45, 7) is 4.19. The van der Waals surface area contributed by atoms with Gasteiger partial charge < -0.3 is 19.5 Å². The standard InChI is InChI=1S/C19H23NO5/c1-13(2)10-15(19(22)23-3)20-18(21)7-5-4-6-14-8-9-16-17(11-14)25-12-24-16/h4-9,11,13,15H,10,12H2,1-3H3,(H,20,21)/b6-4+,7-5+/t15-/m0/s1. The second-order valence-corrected chi connectivity index (χ2v) is 6.04. The molecule has 0 spiro atoms. The van der Waals surface area contributed by atoms with Crippen molar-refractivity contribution in [2.75, 3.05) is 13.9 Å². The van der Waals surface area contributed by atoms with Crippen molar-refractivity contribution in [2.24, 2.45) is 5.92 Å². The fraction of sp³-hybridized carbons (Fsp3) is 0.368. The number of carbonyl (C=O) groups is 2. The topological polar surface area (TPSA) is 73.9 Å². The van der Waals surface area contributed by atoms with Gasteiger partial charge >= 0.3 is 5.97 Å². The third-order valence-electron chi connectivity index (χ3n) is 3.55. The number of esters is 1. The minimum absolute atomic E-state index is 0.236. The Kier molecular flexibility index (Phi) is 6.62. The molecule has 0 aromatic heterocycles. The number of amides is 1. The number of allylic oxidation sites excluding steroid dienone is 2. The zero-order valence-electron chi connectivity index (χ0n) is 14.7. The van der Waals surface area contributed by atoms with Crippen LogP contribution in [0.15, 0.2) is 36.4 Å². The van der Waals surface area contributed by atoms with E-state index < -0.39 is 12.0 Å². The molecule has 0 saturated heterocycles. The molecule has 1 N–H and O–H groups in total. The number of rotatable bonds is 7. The molecule has 1 aromatic carbocycles. The zero-order valence-corrected chi connectivity index (χ0v) is 14.7. The average molecular weight is 345 g/mol. The molecule has 1 amide bonds. The first-order chi connectivity index (χ1) is 12.0. The van der Waals surface area contributed by atoms with Crippen LogP contribution >= 0.6 is 0 Å². The predicted molar refractivity (Wildman–Crippen MR) is 94.1 cm³/mol. The molecule has 1 atom stereocenters. The largest absolute Gasteiger partial charge is 0.467 e. The van der Waals surface area contributed by atoms with Crippen LogP contribution < -0.4 is 14.8 Å². The molecule has 0 bridgehead atoms.